The number of esters is 1. The van der Waals surface area contributed by atoms with Crippen molar-refractivity contribution in [2.45, 2.75) is 20.3 Å². The van der Waals surface area contributed by atoms with Gasteiger partial charge in [-0.2, -0.15) is 0 Å². The van der Waals surface area contributed by atoms with Crippen LogP contribution in [0, 0.1) is 6.92 Å². The summed E-state index contributed by atoms with van der Waals surface area (Å²) < 4.78 is 7.13. The van der Waals surface area contributed by atoms with Crippen molar-refractivity contribution >= 4 is 37.8 Å². The van der Waals surface area contributed by atoms with Crippen LogP contribution in [0.4, 0.5) is 0 Å². The number of hydrogen-bond donors (Lipinski definition) is 0. The van der Waals surface area contributed by atoms with E-state index in [1.54, 1.807) is 6.07 Å². The summed E-state index contributed by atoms with van der Waals surface area (Å²) >= 11 is 6.74. The molecule has 2 aromatic rings. The van der Waals surface area contributed by atoms with Gasteiger partial charge in [0.25, 0.3) is 0 Å². The van der Waals surface area contributed by atoms with E-state index in [1.807, 2.05) is 37.3 Å². The Morgan fingerprint density at radius 2 is 1.90 bits per heavy atom. The molecule has 0 unspecified atom stereocenters. The molecule has 0 saturated heterocycles. The Morgan fingerprint density at radius 1 is 1.15 bits per heavy atom. The van der Waals surface area contributed by atoms with Gasteiger partial charge < -0.3 is 4.74 Å². The molecule has 0 saturated carbocycles. The predicted molar refractivity (Wildman–Crippen MR) is 87.4 cm³/mol. The number of benzene rings is 2. The van der Waals surface area contributed by atoms with Crippen LogP contribution in [0.5, 0.6) is 5.75 Å². The van der Waals surface area contributed by atoms with E-state index >= 15 is 0 Å². The molecule has 104 valence electrons. The van der Waals surface area contributed by atoms with Crippen LogP contribution < -0.4 is 4.74 Å². The van der Waals surface area contributed by atoms with Gasteiger partial charge in [-0.25, -0.2) is 4.79 Å². The largest absolute Gasteiger partial charge is 0.423 e. The van der Waals surface area contributed by atoms with Crippen molar-refractivity contribution in [3.05, 3.63) is 62.0 Å². The van der Waals surface area contributed by atoms with Crippen LogP contribution in [0.15, 0.2) is 45.3 Å². The third kappa shape index (κ3) is 3.49. The maximum Gasteiger partial charge on any atom is 0.344 e. The molecule has 0 bridgehead atoms. The molecule has 2 aromatic carbocycles. The van der Waals surface area contributed by atoms with Crippen LogP contribution in [0.3, 0.4) is 0 Å². The second-order valence-electron chi connectivity index (χ2n) is 4.47. The summed E-state index contributed by atoms with van der Waals surface area (Å²) in [6.45, 7) is 4.00. The third-order valence-electron chi connectivity index (χ3n) is 3.01. The highest BCUT2D eigenvalue weighted by molar-refractivity contribution is 9.11. The lowest BCUT2D eigenvalue weighted by molar-refractivity contribution is 0.0732. The fraction of sp³-hybridized carbons (Fsp3) is 0.188. The van der Waals surface area contributed by atoms with Crippen molar-refractivity contribution in [3.63, 3.8) is 0 Å². The smallest absolute Gasteiger partial charge is 0.344 e. The van der Waals surface area contributed by atoms with Crippen molar-refractivity contribution in [1.82, 2.24) is 0 Å². The van der Waals surface area contributed by atoms with Gasteiger partial charge in [0.15, 0.2) is 0 Å². The van der Waals surface area contributed by atoms with Crippen molar-refractivity contribution in [2.75, 3.05) is 0 Å². The molecular weight excluding hydrogens is 384 g/mol. The van der Waals surface area contributed by atoms with E-state index in [0.717, 1.165) is 22.0 Å². The van der Waals surface area contributed by atoms with Gasteiger partial charge in [0.2, 0.25) is 0 Å². The predicted octanol–water partition coefficient (Wildman–Crippen LogP) is 5.30. The quantitative estimate of drug-likeness (QED) is 0.518. The van der Waals surface area contributed by atoms with Crippen LogP contribution in [-0.2, 0) is 6.42 Å². The van der Waals surface area contributed by atoms with E-state index in [4.69, 9.17) is 4.74 Å². The fourth-order valence-corrected chi connectivity index (χ4v) is 2.99. The lowest BCUT2D eigenvalue weighted by Crippen LogP contribution is -2.10. The molecular formula is C16H14Br2O2. The maximum atomic E-state index is 12.2. The van der Waals surface area contributed by atoms with Crippen molar-refractivity contribution in [2.24, 2.45) is 0 Å². The molecule has 2 nitrogen and oxygen atoms in total. The topological polar surface area (TPSA) is 26.3 Å². The average Bonchev–Trinajstić information content (AvgIpc) is 2.41. The number of ether oxygens (including phenoxy) is 1. The van der Waals surface area contributed by atoms with Crippen LogP contribution >= 0.6 is 31.9 Å². The number of hydrogen-bond acceptors (Lipinski definition) is 2. The number of carbonyl (C=O) groups is 1. The van der Waals surface area contributed by atoms with Gasteiger partial charge >= 0.3 is 5.97 Å². The van der Waals surface area contributed by atoms with Crippen LogP contribution in [0.2, 0.25) is 0 Å². The van der Waals surface area contributed by atoms with E-state index in [9.17, 15) is 4.79 Å². The minimum atomic E-state index is -0.360. The minimum Gasteiger partial charge on any atom is -0.423 e. The van der Waals surface area contributed by atoms with Crippen molar-refractivity contribution in [3.8, 4) is 5.75 Å². The van der Waals surface area contributed by atoms with Crippen LogP contribution in [0.1, 0.15) is 28.4 Å². The monoisotopic (exact) mass is 396 g/mol. The summed E-state index contributed by atoms with van der Waals surface area (Å²) in [5.41, 5.74) is 2.60. The lowest BCUT2D eigenvalue weighted by Gasteiger charge is -2.10. The Kier molecular flexibility index (Phi) is 5.00. The molecule has 2 rings (SSSR count). The zero-order valence-electron chi connectivity index (χ0n) is 11.2. The number of rotatable bonds is 3. The van der Waals surface area contributed by atoms with Crippen molar-refractivity contribution < 1.29 is 9.53 Å². The summed E-state index contributed by atoms with van der Waals surface area (Å²) in [5, 5.41) is 0. The van der Waals surface area contributed by atoms with Gasteiger partial charge in [-0.3, -0.25) is 0 Å². The first-order valence-corrected chi connectivity index (χ1v) is 7.86. The zero-order valence-corrected chi connectivity index (χ0v) is 14.4. The number of carbonyl (C=O) groups excluding carboxylic acids is 1. The van der Waals surface area contributed by atoms with Gasteiger partial charge in [-0.1, -0.05) is 35.0 Å². The highest BCUT2D eigenvalue weighted by atomic mass is 79.9. The molecule has 0 N–H and O–H groups in total. The summed E-state index contributed by atoms with van der Waals surface area (Å²) in [6.07, 6.45) is 0.910. The summed E-state index contributed by atoms with van der Waals surface area (Å²) in [4.78, 5) is 12.2. The van der Waals surface area contributed by atoms with E-state index in [0.29, 0.717) is 15.8 Å². The molecule has 0 radical (unpaired) electrons. The van der Waals surface area contributed by atoms with Gasteiger partial charge in [-0.05, 0) is 64.7 Å². The normalized spacial score (nSPS) is 10.4. The first-order valence-electron chi connectivity index (χ1n) is 6.28. The van der Waals surface area contributed by atoms with Crippen LogP contribution in [0.25, 0.3) is 0 Å². The first-order chi connectivity index (χ1) is 9.51. The van der Waals surface area contributed by atoms with Gasteiger partial charge in [-0.15, -0.1) is 0 Å². The van der Waals surface area contributed by atoms with E-state index in [-0.39, 0.29) is 5.97 Å². The molecule has 0 aromatic heterocycles. The molecule has 20 heavy (non-hydrogen) atoms. The molecule has 0 fully saturated rings. The summed E-state index contributed by atoms with van der Waals surface area (Å²) in [7, 11) is 0. The number of aryl methyl sites for hydroxylation is 2. The Hall–Kier alpha value is -1.13. The highest BCUT2D eigenvalue weighted by Gasteiger charge is 2.14. The third-order valence-corrected chi connectivity index (χ3v) is 4.16. The SMILES string of the molecule is CCc1ccc(C)c(OC(=O)c2ccc(Br)cc2Br)c1. The lowest BCUT2D eigenvalue weighted by atomic mass is 10.1. The van der Waals surface area contributed by atoms with E-state index < -0.39 is 0 Å². The molecule has 0 amide bonds. The summed E-state index contributed by atoms with van der Waals surface area (Å²) in [5.74, 6) is 0.255. The summed E-state index contributed by atoms with van der Waals surface area (Å²) in [6, 6.07) is 11.3. The first kappa shape index (κ1) is 15.3. The van der Waals surface area contributed by atoms with E-state index in [2.05, 4.69) is 38.8 Å². The average molecular weight is 398 g/mol. The van der Waals surface area contributed by atoms with Gasteiger partial charge in [0.1, 0.15) is 5.75 Å². The van der Waals surface area contributed by atoms with E-state index in [1.165, 1.54) is 0 Å². The molecule has 0 aliphatic heterocycles. The minimum absolute atomic E-state index is 0.360. The van der Waals surface area contributed by atoms with Gasteiger partial charge in [0.05, 0.1) is 5.56 Å². The van der Waals surface area contributed by atoms with Crippen molar-refractivity contribution in [1.29, 1.82) is 0 Å². The molecule has 0 aliphatic carbocycles. The van der Waals surface area contributed by atoms with Gasteiger partial charge in [0, 0.05) is 8.95 Å². The molecule has 4 heteroatoms. The second kappa shape index (κ2) is 6.55. The standard InChI is InChI=1S/C16H14Br2O2/c1-3-11-5-4-10(2)15(8-11)20-16(19)13-7-6-12(17)9-14(13)18/h4-9H,3H2,1-2H3. The highest BCUT2D eigenvalue weighted by Crippen LogP contribution is 2.25. The Morgan fingerprint density at radius 3 is 2.55 bits per heavy atom. The Balaban J connectivity index is 2.27. The molecule has 0 heterocycles. The molecule has 0 spiro atoms. The Labute approximate surface area is 135 Å². The zero-order chi connectivity index (χ0) is 14.7. The molecule has 0 aliphatic rings. The second-order valence-corrected chi connectivity index (χ2v) is 6.24. The fourth-order valence-electron chi connectivity index (χ4n) is 1.78. The molecule has 0 atom stereocenters. The Bertz CT molecular complexity index is 651. The number of halogens is 2. The maximum absolute atomic E-state index is 12.2. The van der Waals surface area contributed by atoms with Crippen LogP contribution in [-0.4, -0.2) is 5.97 Å².